The highest BCUT2D eigenvalue weighted by Crippen LogP contribution is 2.30. The van der Waals surface area contributed by atoms with Crippen molar-refractivity contribution in [3.8, 4) is 0 Å². The fourth-order valence-corrected chi connectivity index (χ4v) is 2.60. The van der Waals surface area contributed by atoms with Gasteiger partial charge in [-0.25, -0.2) is 0 Å². The minimum absolute atomic E-state index is 0.124. The van der Waals surface area contributed by atoms with Gasteiger partial charge < -0.3 is 10.6 Å². The van der Waals surface area contributed by atoms with Gasteiger partial charge in [0.2, 0.25) is 11.8 Å². The average Bonchev–Trinajstić information content (AvgIpc) is 3.21. The quantitative estimate of drug-likeness (QED) is 0.656. The van der Waals surface area contributed by atoms with Crippen LogP contribution in [0, 0.1) is 11.8 Å². The molecule has 0 unspecified atom stereocenters. The van der Waals surface area contributed by atoms with Crippen LogP contribution in [-0.4, -0.2) is 30.2 Å². The van der Waals surface area contributed by atoms with Gasteiger partial charge in [0, 0.05) is 30.2 Å². The number of nitrogens with one attached hydrogen (secondary N) is 2. The number of thiol groups is 1. The lowest BCUT2D eigenvalue weighted by Crippen LogP contribution is -2.41. The van der Waals surface area contributed by atoms with E-state index in [2.05, 4.69) is 23.3 Å². The summed E-state index contributed by atoms with van der Waals surface area (Å²) in [6.45, 7) is 0.639. The largest absolute Gasteiger partial charge is 0.355 e. The molecule has 0 heterocycles. The Morgan fingerprint density at radius 1 is 0.944 bits per heavy atom. The van der Waals surface area contributed by atoms with Gasteiger partial charge in [-0.3, -0.25) is 9.59 Å². The smallest absolute Gasteiger partial charge is 0.223 e. The fraction of sp³-hybridized carbons (Fsp3) is 0.846. The molecule has 0 aromatic carbocycles. The number of hydrogen-bond donors (Lipinski definition) is 3. The Morgan fingerprint density at radius 2 is 1.50 bits per heavy atom. The first kappa shape index (κ1) is 13.7. The van der Waals surface area contributed by atoms with Crippen LogP contribution in [0.3, 0.4) is 0 Å². The van der Waals surface area contributed by atoms with Crippen molar-refractivity contribution in [2.24, 2.45) is 11.8 Å². The van der Waals surface area contributed by atoms with Gasteiger partial charge in [0.15, 0.2) is 0 Å². The standard InChI is InChI=1S/C13H22N2O2S/c16-12(14-7-8-18)9-3-5-11(6-4-9)15-13(17)10-1-2-10/h9-11,18H,1-8H2,(H,14,16)(H,15,17). The molecule has 0 aliphatic heterocycles. The van der Waals surface area contributed by atoms with Crippen molar-refractivity contribution in [1.82, 2.24) is 10.6 Å². The van der Waals surface area contributed by atoms with Crippen LogP contribution in [0.4, 0.5) is 0 Å². The number of carbonyl (C=O) groups excluding carboxylic acids is 2. The lowest BCUT2D eigenvalue weighted by atomic mass is 9.85. The minimum Gasteiger partial charge on any atom is -0.355 e. The van der Waals surface area contributed by atoms with E-state index in [0.717, 1.165) is 38.5 Å². The van der Waals surface area contributed by atoms with Crippen molar-refractivity contribution in [2.75, 3.05) is 12.3 Å². The maximum atomic E-state index is 11.8. The van der Waals surface area contributed by atoms with E-state index in [1.54, 1.807) is 0 Å². The molecule has 102 valence electrons. The third-order valence-corrected chi connectivity index (χ3v) is 4.03. The first-order valence-corrected chi connectivity index (χ1v) is 7.53. The molecule has 0 atom stereocenters. The molecule has 0 aromatic heterocycles. The first-order chi connectivity index (χ1) is 8.70. The van der Waals surface area contributed by atoms with Gasteiger partial charge in [-0.05, 0) is 38.5 Å². The Labute approximate surface area is 114 Å². The van der Waals surface area contributed by atoms with Crippen LogP contribution in [0.15, 0.2) is 0 Å². The minimum atomic E-state index is 0.124. The van der Waals surface area contributed by atoms with Crippen LogP contribution in [-0.2, 0) is 9.59 Å². The van der Waals surface area contributed by atoms with Crippen LogP contribution in [0.25, 0.3) is 0 Å². The van der Waals surface area contributed by atoms with Crippen molar-refractivity contribution in [1.29, 1.82) is 0 Å². The predicted octanol–water partition coefficient (Wildman–Crippen LogP) is 1.12. The Bertz CT molecular complexity index is 310. The molecule has 0 saturated heterocycles. The highest BCUT2D eigenvalue weighted by atomic mass is 32.1. The fourth-order valence-electron chi connectivity index (χ4n) is 2.49. The summed E-state index contributed by atoms with van der Waals surface area (Å²) >= 11 is 4.07. The second-order valence-electron chi connectivity index (χ2n) is 5.35. The summed E-state index contributed by atoms with van der Waals surface area (Å²) in [5.74, 6) is 1.45. The number of rotatable bonds is 5. The van der Waals surface area contributed by atoms with Crippen molar-refractivity contribution in [3.05, 3.63) is 0 Å². The molecule has 2 N–H and O–H groups in total. The Kier molecular flexibility index (Phi) is 4.92. The molecule has 4 nitrogen and oxygen atoms in total. The van der Waals surface area contributed by atoms with Crippen LogP contribution in [0.5, 0.6) is 0 Å². The van der Waals surface area contributed by atoms with Crippen molar-refractivity contribution < 1.29 is 9.59 Å². The zero-order chi connectivity index (χ0) is 13.0. The van der Waals surface area contributed by atoms with E-state index in [4.69, 9.17) is 0 Å². The summed E-state index contributed by atoms with van der Waals surface area (Å²) in [6, 6.07) is 0.284. The van der Waals surface area contributed by atoms with E-state index in [1.165, 1.54) is 0 Å². The lowest BCUT2D eigenvalue weighted by molar-refractivity contribution is -0.126. The second kappa shape index (κ2) is 6.45. The zero-order valence-corrected chi connectivity index (χ0v) is 11.5. The maximum Gasteiger partial charge on any atom is 0.223 e. The molecular formula is C13H22N2O2S. The van der Waals surface area contributed by atoms with E-state index in [9.17, 15) is 9.59 Å². The topological polar surface area (TPSA) is 58.2 Å². The second-order valence-corrected chi connectivity index (χ2v) is 5.79. The van der Waals surface area contributed by atoms with Crippen LogP contribution in [0.2, 0.25) is 0 Å². The maximum absolute atomic E-state index is 11.8. The van der Waals surface area contributed by atoms with Crippen molar-refractivity contribution in [2.45, 2.75) is 44.6 Å². The zero-order valence-electron chi connectivity index (χ0n) is 10.7. The summed E-state index contributed by atoms with van der Waals surface area (Å²) < 4.78 is 0. The third-order valence-electron chi connectivity index (χ3n) is 3.80. The summed E-state index contributed by atoms with van der Waals surface area (Å²) in [6.07, 6.45) is 5.72. The Hall–Kier alpha value is -0.710. The van der Waals surface area contributed by atoms with E-state index in [-0.39, 0.29) is 29.7 Å². The highest BCUT2D eigenvalue weighted by Gasteiger charge is 2.32. The van der Waals surface area contributed by atoms with E-state index in [1.807, 2.05) is 0 Å². The molecule has 2 rings (SSSR count). The molecule has 5 heteroatoms. The van der Waals surface area contributed by atoms with Gasteiger partial charge in [0.05, 0.1) is 0 Å². The van der Waals surface area contributed by atoms with Gasteiger partial charge in [0.1, 0.15) is 0 Å². The van der Waals surface area contributed by atoms with Gasteiger partial charge in [-0.1, -0.05) is 0 Å². The van der Waals surface area contributed by atoms with E-state index >= 15 is 0 Å². The summed E-state index contributed by atoms with van der Waals surface area (Å²) in [7, 11) is 0. The molecule has 18 heavy (non-hydrogen) atoms. The summed E-state index contributed by atoms with van der Waals surface area (Å²) in [5, 5.41) is 5.98. The number of hydrogen-bond acceptors (Lipinski definition) is 3. The molecule has 2 aliphatic rings. The van der Waals surface area contributed by atoms with E-state index in [0.29, 0.717) is 12.3 Å². The number of amides is 2. The summed E-state index contributed by atoms with van der Waals surface area (Å²) in [4.78, 5) is 23.4. The van der Waals surface area contributed by atoms with Crippen LogP contribution >= 0.6 is 12.6 Å². The molecule has 2 amide bonds. The van der Waals surface area contributed by atoms with Crippen LogP contribution < -0.4 is 10.6 Å². The molecule has 2 saturated carbocycles. The first-order valence-electron chi connectivity index (χ1n) is 6.89. The highest BCUT2D eigenvalue weighted by molar-refractivity contribution is 7.80. The van der Waals surface area contributed by atoms with Crippen molar-refractivity contribution in [3.63, 3.8) is 0 Å². The van der Waals surface area contributed by atoms with Gasteiger partial charge in [0.25, 0.3) is 0 Å². The Balaban J connectivity index is 1.67. The van der Waals surface area contributed by atoms with Crippen molar-refractivity contribution >= 4 is 24.4 Å². The van der Waals surface area contributed by atoms with Crippen LogP contribution in [0.1, 0.15) is 38.5 Å². The molecule has 0 spiro atoms. The third kappa shape index (κ3) is 3.90. The summed E-state index contributed by atoms with van der Waals surface area (Å²) in [5.41, 5.74) is 0. The molecule has 0 bridgehead atoms. The van der Waals surface area contributed by atoms with Gasteiger partial charge >= 0.3 is 0 Å². The van der Waals surface area contributed by atoms with Gasteiger partial charge in [-0.15, -0.1) is 0 Å². The predicted molar refractivity (Wildman–Crippen MR) is 73.5 cm³/mol. The van der Waals surface area contributed by atoms with Gasteiger partial charge in [-0.2, -0.15) is 12.6 Å². The molecule has 2 fully saturated rings. The lowest BCUT2D eigenvalue weighted by Gasteiger charge is -2.28. The molecular weight excluding hydrogens is 248 g/mol. The SMILES string of the molecule is O=C(NCCS)C1CCC(NC(=O)C2CC2)CC1. The molecule has 0 aromatic rings. The van der Waals surface area contributed by atoms with E-state index < -0.39 is 0 Å². The normalized spacial score (nSPS) is 27.6. The average molecular weight is 270 g/mol. The molecule has 0 radical (unpaired) electrons. The monoisotopic (exact) mass is 270 g/mol. The molecule has 2 aliphatic carbocycles. The number of carbonyl (C=O) groups is 2. The Morgan fingerprint density at radius 3 is 2.06 bits per heavy atom.